The number of nitrogens with two attached hydrogens (primary N) is 3. The van der Waals surface area contributed by atoms with Crippen LogP contribution in [0, 0.1) is 0 Å². The van der Waals surface area contributed by atoms with Crippen molar-refractivity contribution in [2.24, 2.45) is 22.2 Å². The normalized spacial score (nSPS) is 8.94. The highest BCUT2D eigenvalue weighted by Gasteiger charge is 2.09. The van der Waals surface area contributed by atoms with Crippen molar-refractivity contribution in [1.29, 1.82) is 0 Å². The van der Waals surface area contributed by atoms with Gasteiger partial charge in [0.05, 0.1) is 13.1 Å². The first-order valence-corrected chi connectivity index (χ1v) is 15.6. The van der Waals surface area contributed by atoms with E-state index >= 15 is 0 Å². The van der Waals surface area contributed by atoms with Gasteiger partial charge in [0.1, 0.15) is 33.0 Å². The molecule has 0 saturated heterocycles. The second-order valence-corrected chi connectivity index (χ2v) is 9.33. The van der Waals surface area contributed by atoms with Crippen LogP contribution >= 0.6 is 0 Å². The number of carbonyl (C=O) groups excluding carboxylic acids is 7. The van der Waals surface area contributed by atoms with E-state index in [0.717, 1.165) is 32.0 Å². The SMILES string of the molecule is C=CC(=O)OCCOC(=O)NCCCCCC(=O)NCC(=O)NCC(=O)NCC(=O)O.C=CC(=O)OCCOC(N)=O.CC(=O)O.CCCN=C(N)N. The third-order valence-corrected chi connectivity index (χ3v) is 4.66. The summed E-state index contributed by atoms with van der Waals surface area (Å²) in [6, 6.07) is 0. The van der Waals surface area contributed by atoms with Crippen LogP contribution in [0.1, 0.15) is 46.0 Å². The van der Waals surface area contributed by atoms with Gasteiger partial charge in [0, 0.05) is 38.6 Å². The van der Waals surface area contributed by atoms with Gasteiger partial charge in [-0.2, -0.15) is 0 Å². The summed E-state index contributed by atoms with van der Waals surface area (Å²) in [5, 5.41) is 25.0. The number of esters is 2. The van der Waals surface area contributed by atoms with E-state index in [4.69, 9.17) is 31.2 Å². The highest BCUT2D eigenvalue weighted by Crippen LogP contribution is 1.99. The quantitative estimate of drug-likeness (QED) is 0.0144. The molecule has 0 spiro atoms. The van der Waals surface area contributed by atoms with Crippen LogP contribution in [0.15, 0.2) is 30.3 Å². The molecule has 0 aliphatic heterocycles. The van der Waals surface area contributed by atoms with Crippen molar-refractivity contribution in [2.45, 2.75) is 46.0 Å². The van der Waals surface area contributed by atoms with Gasteiger partial charge in [-0.05, 0) is 19.3 Å². The lowest BCUT2D eigenvalue weighted by molar-refractivity contribution is -0.139. The Morgan fingerprint density at radius 3 is 1.53 bits per heavy atom. The van der Waals surface area contributed by atoms with Crippen molar-refractivity contribution >= 4 is 59.7 Å². The largest absolute Gasteiger partial charge is 0.481 e. The van der Waals surface area contributed by atoms with Crippen molar-refractivity contribution in [3.63, 3.8) is 0 Å². The number of aliphatic carboxylic acids is 2. The second-order valence-electron chi connectivity index (χ2n) is 9.33. The molecule has 53 heavy (non-hydrogen) atoms. The average Bonchev–Trinajstić information content (AvgIpc) is 3.09. The highest BCUT2D eigenvalue weighted by atomic mass is 16.6. The van der Waals surface area contributed by atoms with Gasteiger partial charge in [0.25, 0.3) is 5.97 Å². The van der Waals surface area contributed by atoms with E-state index in [1.807, 2.05) is 6.92 Å². The first kappa shape index (κ1) is 53.4. The van der Waals surface area contributed by atoms with Crippen LogP contribution in [0.4, 0.5) is 9.59 Å². The van der Waals surface area contributed by atoms with Crippen LogP contribution in [0.3, 0.4) is 0 Å². The fraction of sp³-hybridized carbons (Fsp3) is 0.533. The lowest BCUT2D eigenvalue weighted by Crippen LogP contribution is -2.42. The maximum atomic E-state index is 11.7. The number of rotatable bonds is 22. The van der Waals surface area contributed by atoms with E-state index in [2.05, 4.69) is 59.4 Å². The number of carboxylic acid groups (broad SMARTS) is 2. The minimum atomic E-state index is -1.20. The minimum Gasteiger partial charge on any atom is -0.481 e. The van der Waals surface area contributed by atoms with Crippen LogP contribution in [0.5, 0.6) is 0 Å². The van der Waals surface area contributed by atoms with Crippen LogP contribution in [-0.2, 0) is 52.5 Å². The zero-order valence-corrected chi connectivity index (χ0v) is 29.8. The summed E-state index contributed by atoms with van der Waals surface area (Å²) in [7, 11) is 0. The van der Waals surface area contributed by atoms with E-state index < -0.39 is 61.0 Å². The summed E-state index contributed by atoms with van der Waals surface area (Å²) >= 11 is 0. The van der Waals surface area contributed by atoms with Gasteiger partial charge in [-0.15, -0.1) is 0 Å². The summed E-state index contributed by atoms with van der Waals surface area (Å²) in [4.78, 5) is 99.8. The van der Waals surface area contributed by atoms with E-state index in [1.54, 1.807) is 0 Å². The van der Waals surface area contributed by atoms with Crippen molar-refractivity contribution in [3.8, 4) is 0 Å². The molecule has 0 fully saturated rings. The number of hydrogen-bond acceptors (Lipinski definition) is 14. The van der Waals surface area contributed by atoms with Crippen LogP contribution < -0.4 is 38.5 Å². The molecule has 0 radical (unpaired) electrons. The molecule has 0 heterocycles. The van der Waals surface area contributed by atoms with E-state index in [-0.39, 0.29) is 51.3 Å². The fourth-order valence-corrected chi connectivity index (χ4v) is 2.49. The zero-order chi connectivity index (χ0) is 41.5. The number of ether oxygens (including phenoxy) is 4. The first-order valence-electron chi connectivity index (χ1n) is 15.6. The molecular weight excluding hydrogens is 712 g/mol. The molecule has 0 unspecified atom stereocenters. The number of nitrogens with zero attached hydrogens (tertiary/aromatic N) is 1. The Balaban J connectivity index is -0.000000439. The number of primary amides is 1. The van der Waals surface area contributed by atoms with E-state index in [9.17, 15) is 38.4 Å². The summed E-state index contributed by atoms with van der Waals surface area (Å²) in [6.45, 7) is 9.16. The minimum absolute atomic E-state index is 0.00616. The molecule has 0 saturated carbocycles. The highest BCUT2D eigenvalue weighted by molar-refractivity contribution is 5.89. The molecule has 0 aliphatic rings. The summed E-state index contributed by atoms with van der Waals surface area (Å²) in [5.41, 5.74) is 14.6. The lowest BCUT2D eigenvalue weighted by atomic mass is 10.2. The Morgan fingerprint density at radius 1 is 0.660 bits per heavy atom. The first-order chi connectivity index (χ1) is 24.9. The van der Waals surface area contributed by atoms with E-state index in [0.29, 0.717) is 25.8 Å². The molecular formula is C30H52N8O15. The molecule has 0 aliphatic carbocycles. The Bertz CT molecular complexity index is 1190. The fourth-order valence-electron chi connectivity index (χ4n) is 2.49. The smallest absolute Gasteiger partial charge is 0.407 e. The number of hydrogen-bond donors (Lipinski definition) is 9. The predicted octanol–water partition coefficient (Wildman–Crippen LogP) is -1.99. The molecule has 23 nitrogen and oxygen atoms in total. The number of carbonyl (C=O) groups is 9. The molecule has 302 valence electrons. The molecule has 0 aromatic rings. The summed E-state index contributed by atoms with van der Waals surface area (Å²) < 4.78 is 18.1. The number of aliphatic imine (C=N–C) groups is 1. The lowest BCUT2D eigenvalue weighted by Gasteiger charge is -2.08. The van der Waals surface area contributed by atoms with Crippen molar-refractivity contribution in [2.75, 3.05) is 59.2 Å². The molecule has 0 atom stereocenters. The molecule has 0 rings (SSSR count). The number of nitrogens with one attached hydrogen (secondary N) is 4. The number of unbranched alkanes of at least 4 members (excludes halogenated alkanes) is 2. The number of amides is 5. The Morgan fingerprint density at radius 2 is 1.11 bits per heavy atom. The number of guanidine groups is 1. The number of alkyl carbamates (subject to hydrolysis) is 1. The molecule has 23 heteroatoms. The average molecular weight is 765 g/mol. The van der Waals surface area contributed by atoms with Crippen LogP contribution in [0.2, 0.25) is 0 Å². The van der Waals surface area contributed by atoms with Crippen molar-refractivity contribution < 1.29 is 72.3 Å². The molecule has 0 aromatic carbocycles. The Kier molecular flexibility index (Phi) is 38.7. The molecule has 5 amide bonds. The van der Waals surface area contributed by atoms with Gasteiger partial charge < -0.3 is 67.6 Å². The van der Waals surface area contributed by atoms with Crippen molar-refractivity contribution in [1.82, 2.24) is 21.3 Å². The maximum Gasteiger partial charge on any atom is 0.407 e. The summed E-state index contributed by atoms with van der Waals surface area (Å²) in [6.07, 6.45) is 3.48. The van der Waals surface area contributed by atoms with Gasteiger partial charge >= 0.3 is 30.1 Å². The third kappa shape index (κ3) is 55.3. The van der Waals surface area contributed by atoms with Gasteiger partial charge in [0.2, 0.25) is 17.7 Å². The predicted molar refractivity (Wildman–Crippen MR) is 187 cm³/mol. The van der Waals surface area contributed by atoms with Crippen LogP contribution in [0.25, 0.3) is 0 Å². The molecule has 0 bridgehead atoms. The van der Waals surface area contributed by atoms with Crippen molar-refractivity contribution in [3.05, 3.63) is 25.3 Å². The topological polar surface area (TPSA) is 370 Å². The van der Waals surface area contributed by atoms with Gasteiger partial charge in [-0.3, -0.25) is 29.0 Å². The van der Waals surface area contributed by atoms with Gasteiger partial charge in [0.15, 0.2) is 5.96 Å². The second kappa shape index (κ2) is 38.4. The zero-order valence-electron chi connectivity index (χ0n) is 29.8. The van der Waals surface area contributed by atoms with Gasteiger partial charge in [-0.25, -0.2) is 19.2 Å². The Labute approximate surface area is 306 Å². The maximum absolute atomic E-state index is 11.7. The van der Waals surface area contributed by atoms with Gasteiger partial charge in [-0.1, -0.05) is 26.5 Å². The number of carboxylic acids is 2. The Hall–Kier alpha value is -6.42. The van der Waals surface area contributed by atoms with Crippen LogP contribution in [-0.4, -0.2) is 129 Å². The standard InChI is InChI=1S/C18H28N4O9.C6H9NO4.C4H11N3.C2H4O2/c1-2-17(28)30-8-9-31-18(29)19-7-5-3-4-6-13(23)20-10-14(24)21-11-15(25)22-12-16(26)27;1-2-5(8)10-3-4-11-6(7)9;1-2-3-7-4(5)6;1-2(3)4/h2H,1,3-12H2,(H,19,29)(H,20,23)(H,21,24)(H,22,25)(H,26,27);2H,1,3-4H2,(H2,7,9);2-3H2,1H3,(H4,5,6,7);1H3,(H,3,4). The molecule has 12 N–H and O–H groups in total. The molecule has 0 aromatic heterocycles. The summed E-state index contributed by atoms with van der Waals surface area (Å²) in [5.74, 6) is -4.59. The third-order valence-electron chi connectivity index (χ3n) is 4.66. The van der Waals surface area contributed by atoms with E-state index in [1.165, 1.54) is 0 Å². The monoisotopic (exact) mass is 764 g/mol.